The molecule has 1 rings (SSSR count). The number of benzene rings is 1. The van der Waals surface area contributed by atoms with Gasteiger partial charge in [0.2, 0.25) is 0 Å². The van der Waals surface area contributed by atoms with Gasteiger partial charge in [0.25, 0.3) is 0 Å². The Morgan fingerprint density at radius 2 is 1.73 bits per heavy atom. The van der Waals surface area contributed by atoms with Crippen LogP contribution < -0.4 is 9.47 Å². The number of methoxy groups -OCH3 is 2. The van der Waals surface area contributed by atoms with Gasteiger partial charge in [-0.05, 0) is 36.5 Å². The largest absolute Gasteiger partial charge is 0.493 e. The topological polar surface area (TPSA) is 18.5 Å². The molecule has 0 saturated heterocycles. The van der Waals surface area contributed by atoms with Crippen LogP contribution in [0, 0.1) is 5.92 Å². The first-order chi connectivity index (χ1) is 7.17. The lowest BCUT2D eigenvalue weighted by Crippen LogP contribution is -1.94. The van der Waals surface area contributed by atoms with Crippen molar-refractivity contribution in [3.63, 3.8) is 0 Å². The Morgan fingerprint density at radius 1 is 1.07 bits per heavy atom. The molecular formula is C13H19O2. The number of aryl methyl sites for hydroxylation is 1. The summed E-state index contributed by atoms with van der Waals surface area (Å²) in [6, 6.07) is 6.09. The molecule has 0 bridgehead atoms. The van der Waals surface area contributed by atoms with Gasteiger partial charge in [-0.15, -0.1) is 0 Å². The van der Waals surface area contributed by atoms with Crippen LogP contribution in [0.25, 0.3) is 0 Å². The third-order valence-electron chi connectivity index (χ3n) is 2.36. The molecule has 0 spiro atoms. The number of rotatable bonds is 5. The van der Waals surface area contributed by atoms with E-state index < -0.39 is 0 Å². The van der Waals surface area contributed by atoms with Crippen molar-refractivity contribution in [1.29, 1.82) is 0 Å². The summed E-state index contributed by atoms with van der Waals surface area (Å²) in [4.78, 5) is 0. The molecule has 2 nitrogen and oxygen atoms in total. The molecule has 0 heterocycles. The highest BCUT2D eigenvalue weighted by Crippen LogP contribution is 2.28. The standard InChI is InChI=1S/C13H19O2/c1-10(2)5-6-11-7-8-12(14-3)13(9-11)15-4/h7-9H,5-6H2,1-4H3. The van der Waals surface area contributed by atoms with Gasteiger partial charge in [-0.3, -0.25) is 0 Å². The lowest BCUT2D eigenvalue weighted by Gasteiger charge is -2.10. The molecule has 0 N–H and O–H groups in total. The van der Waals surface area contributed by atoms with Gasteiger partial charge in [0.05, 0.1) is 14.2 Å². The van der Waals surface area contributed by atoms with E-state index in [4.69, 9.17) is 9.47 Å². The highest BCUT2D eigenvalue weighted by molar-refractivity contribution is 5.42. The predicted molar refractivity (Wildman–Crippen MR) is 62.5 cm³/mol. The van der Waals surface area contributed by atoms with E-state index in [0.717, 1.165) is 24.3 Å². The second-order valence-corrected chi connectivity index (χ2v) is 3.90. The summed E-state index contributed by atoms with van der Waals surface area (Å²) in [7, 11) is 3.32. The minimum atomic E-state index is 0.790. The molecule has 2 heteroatoms. The van der Waals surface area contributed by atoms with Crippen molar-refractivity contribution in [2.75, 3.05) is 14.2 Å². The van der Waals surface area contributed by atoms with Gasteiger partial charge in [0.1, 0.15) is 0 Å². The molecule has 1 aromatic carbocycles. The van der Waals surface area contributed by atoms with Gasteiger partial charge in [0.15, 0.2) is 11.5 Å². The van der Waals surface area contributed by atoms with Crippen molar-refractivity contribution in [2.24, 2.45) is 0 Å². The Bertz CT molecular complexity index is 305. The SMILES string of the molecule is COc1ccc(CC[C](C)C)cc1OC. The van der Waals surface area contributed by atoms with E-state index in [1.165, 1.54) is 11.5 Å². The van der Waals surface area contributed by atoms with Crippen LogP contribution in [0.3, 0.4) is 0 Å². The quantitative estimate of drug-likeness (QED) is 0.738. The fourth-order valence-electron chi connectivity index (χ4n) is 1.43. The van der Waals surface area contributed by atoms with Gasteiger partial charge < -0.3 is 9.47 Å². The highest BCUT2D eigenvalue weighted by atomic mass is 16.5. The summed E-state index contributed by atoms with van der Waals surface area (Å²) in [5.74, 6) is 3.05. The van der Waals surface area contributed by atoms with E-state index in [2.05, 4.69) is 19.9 Å². The fraction of sp³-hybridized carbons (Fsp3) is 0.462. The maximum absolute atomic E-state index is 5.25. The highest BCUT2D eigenvalue weighted by Gasteiger charge is 2.04. The van der Waals surface area contributed by atoms with Gasteiger partial charge in [-0.2, -0.15) is 0 Å². The molecule has 0 aliphatic rings. The van der Waals surface area contributed by atoms with Crippen molar-refractivity contribution in [2.45, 2.75) is 26.7 Å². The summed E-state index contributed by atoms with van der Waals surface area (Å²) in [5.41, 5.74) is 1.29. The van der Waals surface area contributed by atoms with Crippen LogP contribution in [-0.2, 0) is 6.42 Å². The molecule has 1 radical (unpaired) electrons. The first-order valence-corrected chi connectivity index (χ1v) is 5.17. The van der Waals surface area contributed by atoms with E-state index in [1.54, 1.807) is 14.2 Å². The number of hydrogen-bond donors (Lipinski definition) is 0. The summed E-state index contributed by atoms with van der Waals surface area (Å²) >= 11 is 0. The van der Waals surface area contributed by atoms with E-state index in [9.17, 15) is 0 Å². The third kappa shape index (κ3) is 3.46. The Hall–Kier alpha value is -1.18. The minimum absolute atomic E-state index is 0.790. The average molecular weight is 207 g/mol. The van der Waals surface area contributed by atoms with E-state index in [-0.39, 0.29) is 0 Å². The van der Waals surface area contributed by atoms with Crippen LogP contribution >= 0.6 is 0 Å². The normalized spacial score (nSPS) is 10.5. The van der Waals surface area contributed by atoms with E-state index >= 15 is 0 Å². The Kier molecular flexibility index (Phi) is 4.47. The second kappa shape index (κ2) is 5.64. The summed E-state index contributed by atoms with van der Waals surface area (Å²) in [6.45, 7) is 4.31. The first kappa shape index (κ1) is 11.9. The van der Waals surface area contributed by atoms with Gasteiger partial charge in [-0.1, -0.05) is 19.9 Å². The summed E-state index contributed by atoms with van der Waals surface area (Å²) in [6.07, 6.45) is 2.18. The smallest absolute Gasteiger partial charge is 0.160 e. The Morgan fingerprint density at radius 3 is 2.27 bits per heavy atom. The molecule has 0 amide bonds. The van der Waals surface area contributed by atoms with Crippen LogP contribution in [0.2, 0.25) is 0 Å². The van der Waals surface area contributed by atoms with Crippen LogP contribution in [0.5, 0.6) is 11.5 Å². The van der Waals surface area contributed by atoms with Gasteiger partial charge in [0, 0.05) is 0 Å². The molecule has 15 heavy (non-hydrogen) atoms. The molecule has 0 fully saturated rings. The Labute approximate surface area is 92.2 Å². The summed E-state index contributed by atoms with van der Waals surface area (Å²) in [5, 5.41) is 0. The molecule has 0 aliphatic carbocycles. The van der Waals surface area contributed by atoms with E-state index in [0.29, 0.717) is 0 Å². The summed E-state index contributed by atoms with van der Waals surface area (Å²) < 4.78 is 10.4. The molecular weight excluding hydrogens is 188 g/mol. The first-order valence-electron chi connectivity index (χ1n) is 5.17. The molecule has 0 atom stereocenters. The number of ether oxygens (including phenoxy) is 2. The van der Waals surface area contributed by atoms with Crippen molar-refractivity contribution in [3.8, 4) is 11.5 Å². The lowest BCUT2D eigenvalue weighted by atomic mass is 10.0. The monoisotopic (exact) mass is 207 g/mol. The van der Waals surface area contributed by atoms with Crippen molar-refractivity contribution < 1.29 is 9.47 Å². The zero-order chi connectivity index (χ0) is 11.3. The minimum Gasteiger partial charge on any atom is -0.493 e. The van der Waals surface area contributed by atoms with Crippen LogP contribution in [-0.4, -0.2) is 14.2 Å². The van der Waals surface area contributed by atoms with Crippen LogP contribution in [0.15, 0.2) is 18.2 Å². The zero-order valence-corrected chi connectivity index (χ0v) is 9.96. The maximum Gasteiger partial charge on any atom is 0.160 e. The fourth-order valence-corrected chi connectivity index (χ4v) is 1.43. The van der Waals surface area contributed by atoms with Crippen molar-refractivity contribution in [3.05, 3.63) is 29.7 Å². The lowest BCUT2D eigenvalue weighted by molar-refractivity contribution is 0.354. The molecule has 0 aromatic heterocycles. The zero-order valence-electron chi connectivity index (χ0n) is 9.96. The molecule has 0 aliphatic heterocycles. The number of hydrogen-bond acceptors (Lipinski definition) is 2. The molecule has 0 unspecified atom stereocenters. The van der Waals surface area contributed by atoms with E-state index in [1.807, 2.05) is 12.1 Å². The van der Waals surface area contributed by atoms with Crippen molar-refractivity contribution in [1.82, 2.24) is 0 Å². The second-order valence-electron chi connectivity index (χ2n) is 3.90. The molecule has 83 valence electrons. The molecule has 1 aromatic rings. The van der Waals surface area contributed by atoms with Crippen LogP contribution in [0.4, 0.5) is 0 Å². The Balaban J connectivity index is 2.74. The molecule has 0 saturated carbocycles. The van der Waals surface area contributed by atoms with Gasteiger partial charge >= 0.3 is 0 Å². The predicted octanol–water partition coefficient (Wildman–Crippen LogP) is 3.25. The van der Waals surface area contributed by atoms with Crippen LogP contribution in [0.1, 0.15) is 25.8 Å². The maximum atomic E-state index is 5.25. The third-order valence-corrected chi connectivity index (χ3v) is 2.36. The van der Waals surface area contributed by atoms with Crippen molar-refractivity contribution >= 4 is 0 Å². The van der Waals surface area contributed by atoms with Gasteiger partial charge in [-0.25, -0.2) is 0 Å². The average Bonchev–Trinajstić information content (AvgIpc) is 2.25.